The van der Waals surface area contributed by atoms with Crippen LogP contribution in [-0.4, -0.2) is 19.6 Å². The predicted molar refractivity (Wildman–Crippen MR) is 94.5 cm³/mol. The number of hydrogen-bond donors (Lipinski definition) is 1. The minimum absolute atomic E-state index is 0.0746. The summed E-state index contributed by atoms with van der Waals surface area (Å²) in [6, 6.07) is 7.98. The molecule has 1 N–H and O–H groups in total. The molecule has 2 aromatic rings. The van der Waals surface area contributed by atoms with E-state index in [4.69, 9.17) is 4.74 Å². The van der Waals surface area contributed by atoms with Gasteiger partial charge in [-0.1, -0.05) is 19.1 Å². The number of methoxy groups -OCH3 is 1. The van der Waals surface area contributed by atoms with E-state index >= 15 is 0 Å². The molecule has 1 amide bonds. The van der Waals surface area contributed by atoms with E-state index < -0.39 is 0 Å². The van der Waals surface area contributed by atoms with Crippen molar-refractivity contribution in [3.63, 3.8) is 0 Å². The Morgan fingerprint density at radius 1 is 1.35 bits per heavy atom. The first-order chi connectivity index (χ1) is 11.2. The van der Waals surface area contributed by atoms with Gasteiger partial charge in [0.2, 0.25) is 0 Å². The monoisotopic (exact) mass is 329 g/mol. The second-order valence-electron chi connectivity index (χ2n) is 6.25. The van der Waals surface area contributed by atoms with Crippen molar-refractivity contribution in [1.82, 2.24) is 5.32 Å². The van der Waals surface area contributed by atoms with Crippen molar-refractivity contribution in [2.75, 3.05) is 13.7 Å². The molecule has 0 spiro atoms. The van der Waals surface area contributed by atoms with E-state index in [0.717, 1.165) is 36.5 Å². The van der Waals surface area contributed by atoms with Gasteiger partial charge in [0.15, 0.2) is 0 Å². The van der Waals surface area contributed by atoms with Crippen LogP contribution in [0.2, 0.25) is 0 Å². The Kier molecular flexibility index (Phi) is 5.01. The van der Waals surface area contributed by atoms with Gasteiger partial charge < -0.3 is 10.1 Å². The van der Waals surface area contributed by atoms with Crippen LogP contribution in [0.15, 0.2) is 29.6 Å². The third-order valence-electron chi connectivity index (χ3n) is 4.50. The summed E-state index contributed by atoms with van der Waals surface area (Å²) in [6.45, 7) is 2.95. The highest BCUT2D eigenvalue weighted by Crippen LogP contribution is 2.32. The van der Waals surface area contributed by atoms with Crippen molar-refractivity contribution in [2.24, 2.45) is 5.92 Å². The zero-order valence-electron chi connectivity index (χ0n) is 13.7. The molecule has 0 saturated carbocycles. The highest BCUT2D eigenvalue weighted by atomic mass is 32.1. The van der Waals surface area contributed by atoms with Crippen LogP contribution >= 0.6 is 11.3 Å². The molecule has 0 bridgehead atoms. The first-order valence-corrected chi connectivity index (χ1v) is 9.05. The fourth-order valence-electron chi connectivity index (χ4n) is 3.08. The topological polar surface area (TPSA) is 38.3 Å². The molecule has 23 heavy (non-hydrogen) atoms. The minimum Gasteiger partial charge on any atom is -0.497 e. The molecule has 0 aliphatic heterocycles. The maximum atomic E-state index is 12.4. The molecule has 0 saturated heterocycles. The van der Waals surface area contributed by atoms with Gasteiger partial charge in [-0.2, -0.15) is 0 Å². The smallest absolute Gasteiger partial charge is 0.252 e. The number of hydrogen-bond acceptors (Lipinski definition) is 3. The summed E-state index contributed by atoms with van der Waals surface area (Å²) in [5.41, 5.74) is 3.38. The zero-order chi connectivity index (χ0) is 16.2. The van der Waals surface area contributed by atoms with Crippen LogP contribution in [-0.2, 0) is 19.3 Å². The van der Waals surface area contributed by atoms with Gasteiger partial charge >= 0.3 is 0 Å². The van der Waals surface area contributed by atoms with E-state index in [9.17, 15) is 4.79 Å². The largest absolute Gasteiger partial charge is 0.497 e. The third-order valence-corrected chi connectivity index (χ3v) is 5.56. The van der Waals surface area contributed by atoms with Crippen molar-refractivity contribution in [3.8, 4) is 5.75 Å². The lowest BCUT2D eigenvalue weighted by atomic mass is 9.88. The zero-order valence-corrected chi connectivity index (χ0v) is 14.5. The summed E-state index contributed by atoms with van der Waals surface area (Å²) in [6.07, 6.45) is 4.19. The van der Waals surface area contributed by atoms with E-state index in [-0.39, 0.29) is 5.91 Å². The van der Waals surface area contributed by atoms with Gasteiger partial charge in [0.25, 0.3) is 5.91 Å². The second kappa shape index (κ2) is 7.18. The first kappa shape index (κ1) is 16.1. The van der Waals surface area contributed by atoms with Gasteiger partial charge in [0.05, 0.1) is 12.7 Å². The fraction of sp³-hybridized carbons (Fsp3) is 0.421. The molecule has 3 rings (SSSR count). The molecule has 1 aromatic carbocycles. The lowest BCUT2D eigenvalue weighted by Crippen LogP contribution is -2.26. The second-order valence-corrected chi connectivity index (χ2v) is 7.22. The van der Waals surface area contributed by atoms with Crippen molar-refractivity contribution in [3.05, 3.63) is 51.2 Å². The highest BCUT2D eigenvalue weighted by Gasteiger charge is 2.22. The van der Waals surface area contributed by atoms with Crippen LogP contribution in [0.25, 0.3) is 0 Å². The Labute approximate surface area is 141 Å². The molecule has 0 unspecified atom stereocenters. The maximum absolute atomic E-state index is 12.4. The van der Waals surface area contributed by atoms with Gasteiger partial charge in [-0.05, 0) is 54.9 Å². The lowest BCUT2D eigenvalue weighted by molar-refractivity contribution is 0.0953. The molecular weight excluding hydrogens is 306 g/mol. The molecule has 1 heterocycles. The number of carbonyl (C=O) groups is 1. The maximum Gasteiger partial charge on any atom is 0.252 e. The fourth-order valence-corrected chi connectivity index (χ4v) is 4.32. The standard InChI is InChI=1S/C19H23NO2S/c1-13-3-8-16-17(12-23-18(16)11-13)19(21)20-10-9-14-4-6-15(22-2)7-5-14/h4-7,12-13H,3,8-11H2,1-2H3,(H,20,21)/t13-/m0/s1. The van der Waals surface area contributed by atoms with Crippen LogP contribution in [0, 0.1) is 5.92 Å². The Bertz CT molecular complexity index is 675. The number of benzene rings is 1. The number of rotatable bonds is 5. The first-order valence-electron chi connectivity index (χ1n) is 8.17. The summed E-state index contributed by atoms with van der Waals surface area (Å²) in [5, 5.41) is 5.09. The van der Waals surface area contributed by atoms with Crippen LogP contribution in [0.3, 0.4) is 0 Å². The van der Waals surface area contributed by atoms with E-state index in [1.807, 2.05) is 29.6 Å². The van der Waals surface area contributed by atoms with Gasteiger partial charge in [0.1, 0.15) is 5.75 Å². The van der Waals surface area contributed by atoms with Crippen LogP contribution < -0.4 is 10.1 Å². The molecule has 4 heteroatoms. The van der Waals surface area contributed by atoms with Crippen molar-refractivity contribution in [1.29, 1.82) is 0 Å². The average Bonchev–Trinajstić information content (AvgIpc) is 2.98. The number of carbonyl (C=O) groups excluding carboxylic acids is 1. The average molecular weight is 329 g/mol. The summed E-state index contributed by atoms with van der Waals surface area (Å²) in [5.74, 6) is 1.68. The number of ether oxygens (including phenoxy) is 1. The molecule has 1 aromatic heterocycles. The Hall–Kier alpha value is -1.81. The SMILES string of the molecule is COc1ccc(CCNC(=O)c2csc3c2CC[C@H](C)C3)cc1. The van der Waals surface area contributed by atoms with Crippen LogP contribution in [0.1, 0.15) is 39.7 Å². The van der Waals surface area contributed by atoms with Crippen molar-refractivity contribution >= 4 is 17.2 Å². The summed E-state index contributed by atoms with van der Waals surface area (Å²) in [4.78, 5) is 13.8. The Morgan fingerprint density at radius 3 is 2.87 bits per heavy atom. The Morgan fingerprint density at radius 2 is 2.13 bits per heavy atom. The third kappa shape index (κ3) is 3.75. The minimum atomic E-state index is 0.0746. The van der Waals surface area contributed by atoms with Crippen molar-refractivity contribution in [2.45, 2.75) is 32.6 Å². The van der Waals surface area contributed by atoms with Gasteiger partial charge in [-0.15, -0.1) is 11.3 Å². The molecule has 122 valence electrons. The van der Waals surface area contributed by atoms with Gasteiger partial charge in [-0.25, -0.2) is 0 Å². The molecule has 0 radical (unpaired) electrons. The van der Waals surface area contributed by atoms with Gasteiger partial charge in [-0.3, -0.25) is 4.79 Å². The number of fused-ring (bicyclic) bond motifs is 1. The Balaban J connectivity index is 1.55. The van der Waals surface area contributed by atoms with E-state index in [1.54, 1.807) is 18.4 Å². The highest BCUT2D eigenvalue weighted by molar-refractivity contribution is 7.10. The van der Waals surface area contributed by atoms with E-state index in [2.05, 4.69) is 12.2 Å². The molecule has 0 fully saturated rings. The predicted octanol–water partition coefficient (Wildman–Crippen LogP) is 3.85. The number of thiophene rings is 1. The van der Waals surface area contributed by atoms with Crippen LogP contribution in [0.4, 0.5) is 0 Å². The van der Waals surface area contributed by atoms with Gasteiger partial charge in [0, 0.05) is 16.8 Å². The molecule has 1 aliphatic rings. The normalized spacial score (nSPS) is 16.7. The number of nitrogens with one attached hydrogen (secondary N) is 1. The molecule has 3 nitrogen and oxygen atoms in total. The summed E-state index contributed by atoms with van der Waals surface area (Å²) in [7, 11) is 1.66. The lowest BCUT2D eigenvalue weighted by Gasteiger charge is -2.18. The van der Waals surface area contributed by atoms with Crippen LogP contribution in [0.5, 0.6) is 5.75 Å². The molecular formula is C19H23NO2S. The summed E-state index contributed by atoms with van der Waals surface area (Å²) < 4.78 is 5.15. The van der Waals surface area contributed by atoms with Crippen molar-refractivity contribution < 1.29 is 9.53 Å². The summed E-state index contributed by atoms with van der Waals surface area (Å²) >= 11 is 1.74. The molecule has 1 atom stereocenters. The number of amides is 1. The van der Waals surface area contributed by atoms with E-state index in [0.29, 0.717) is 6.54 Å². The quantitative estimate of drug-likeness (QED) is 0.905. The molecule has 1 aliphatic carbocycles. The van der Waals surface area contributed by atoms with E-state index in [1.165, 1.54) is 22.4 Å².